The van der Waals surface area contributed by atoms with Crippen molar-refractivity contribution in [3.8, 4) is 0 Å². The Morgan fingerprint density at radius 3 is 2.45 bits per heavy atom. The van der Waals surface area contributed by atoms with Gasteiger partial charge in [0.1, 0.15) is 6.61 Å². The van der Waals surface area contributed by atoms with Gasteiger partial charge in [0.2, 0.25) is 0 Å². The molecule has 1 radical (unpaired) electrons. The van der Waals surface area contributed by atoms with Crippen molar-refractivity contribution in [2.75, 3.05) is 0 Å². The van der Waals surface area contributed by atoms with E-state index in [2.05, 4.69) is 4.84 Å². The zero-order valence-electron chi connectivity index (χ0n) is 11.8. The summed E-state index contributed by atoms with van der Waals surface area (Å²) in [5.74, 6) is 0.788. The van der Waals surface area contributed by atoms with E-state index < -0.39 is 12.1 Å². The first kappa shape index (κ1) is 16.0. The van der Waals surface area contributed by atoms with Gasteiger partial charge in [-0.2, -0.15) is 0 Å². The zero-order valence-corrected chi connectivity index (χ0v) is 11.8. The van der Waals surface area contributed by atoms with E-state index >= 15 is 0 Å². The Balaban J connectivity index is 2.12. The minimum absolute atomic E-state index is 0.133. The smallest absolute Gasteiger partial charge is 0.441 e. The van der Waals surface area contributed by atoms with Gasteiger partial charge in [-0.25, -0.2) is 9.59 Å². The summed E-state index contributed by atoms with van der Waals surface area (Å²) in [7, 11) is 0. The van der Waals surface area contributed by atoms with Crippen molar-refractivity contribution in [2.24, 2.45) is 0 Å². The summed E-state index contributed by atoms with van der Waals surface area (Å²) in [5, 5.41) is 0. The number of ether oxygens (including phenoxy) is 1. The first-order valence-corrected chi connectivity index (χ1v) is 6.53. The highest BCUT2D eigenvalue weighted by molar-refractivity contribution is 5.73. The molecule has 20 heavy (non-hydrogen) atoms. The van der Waals surface area contributed by atoms with Crippen LogP contribution in [0.4, 0.5) is 4.79 Å². The number of benzene rings is 1. The summed E-state index contributed by atoms with van der Waals surface area (Å²) in [4.78, 5) is 27.2. The molecule has 1 aromatic rings. The minimum Gasteiger partial charge on any atom is -0.443 e. The van der Waals surface area contributed by atoms with Gasteiger partial charge in [-0.3, -0.25) is 0 Å². The van der Waals surface area contributed by atoms with E-state index in [0.29, 0.717) is 6.42 Å². The van der Waals surface area contributed by atoms with Crippen molar-refractivity contribution < 1.29 is 19.2 Å². The lowest BCUT2D eigenvalue weighted by molar-refractivity contribution is -0.150. The van der Waals surface area contributed by atoms with E-state index in [-0.39, 0.29) is 13.0 Å². The van der Waals surface area contributed by atoms with Crippen LogP contribution in [0.5, 0.6) is 0 Å². The van der Waals surface area contributed by atoms with Crippen LogP contribution in [-0.4, -0.2) is 12.1 Å². The largest absolute Gasteiger partial charge is 0.443 e. The number of carbonyl (C=O) groups is 2. The van der Waals surface area contributed by atoms with E-state index in [1.807, 2.05) is 49.7 Å². The van der Waals surface area contributed by atoms with Crippen molar-refractivity contribution in [3.05, 3.63) is 41.8 Å². The van der Waals surface area contributed by atoms with Gasteiger partial charge >= 0.3 is 12.1 Å². The fourth-order valence-corrected chi connectivity index (χ4v) is 1.49. The molecule has 0 aliphatic heterocycles. The summed E-state index contributed by atoms with van der Waals surface area (Å²) in [6.07, 6.45) is 1.07. The molecule has 0 bridgehead atoms. The van der Waals surface area contributed by atoms with Gasteiger partial charge in [-0.15, -0.1) is 5.48 Å². The molecule has 0 atom stereocenters. The van der Waals surface area contributed by atoms with Crippen LogP contribution in [0.25, 0.3) is 0 Å². The van der Waals surface area contributed by atoms with Crippen LogP contribution in [0, 0.1) is 5.92 Å². The summed E-state index contributed by atoms with van der Waals surface area (Å²) >= 11 is 0. The van der Waals surface area contributed by atoms with Crippen LogP contribution in [-0.2, 0) is 21.0 Å². The van der Waals surface area contributed by atoms with Crippen molar-refractivity contribution in [1.82, 2.24) is 5.48 Å². The third-order valence-electron chi connectivity index (χ3n) is 2.52. The Bertz CT molecular complexity index is 417. The SMILES string of the molecule is C[C](C)CCCC(=O)ONC(=O)OCc1ccccc1. The number of nitrogens with one attached hydrogen (secondary N) is 1. The lowest BCUT2D eigenvalue weighted by atomic mass is 10.1. The molecule has 0 saturated heterocycles. The van der Waals surface area contributed by atoms with Crippen molar-refractivity contribution in [2.45, 2.75) is 39.7 Å². The normalized spacial score (nSPS) is 10.2. The highest BCUT2D eigenvalue weighted by atomic mass is 16.7. The maximum Gasteiger partial charge on any atom is 0.441 e. The molecule has 0 aliphatic carbocycles. The molecular formula is C15H20NO4. The molecule has 0 spiro atoms. The van der Waals surface area contributed by atoms with E-state index in [0.717, 1.165) is 12.0 Å². The zero-order chi connectivity index (χ0) is 14.8. The summed E-state index contributed by atoms with van der Waals surface area (Å²) < 4.78 is 4.89. The minimum atomic E-state index is -0.777. The van der Waals surface area contributed by atoms with Crippen molar-refractivity contribution in [3.63, 3.8) is 0 Å². The lowest BCUT2D eigenvalue weighted by Gasteiger charge is -2.07. The number of amides is 1. The first-order chi connectivity index (χ1) is 9.58. The van der Waals surface area contributed by atoms with Gasteiger partial charge in [0.05, 0.1) is 0 Å². The topological polar surface area (TPSA) is 64.6 Å². The number of hydroxylamine groups is 1. The third kappa shape index (κ3) is 7.41. The van der Waals surface area contributed by atoms with E-state index in [9.17, 15) is 9.59 Å². The van der Waals surface area contributed by atoms with E-state index in [1.165, 1.54) is 5.92 Å². The number of rotatable bonds is 6. The van der Waals surface area contributed by atoms with Crippen molar-refractivity contribution >= 4 is 12.1 Å². The Labute approximate surface area is 119 Å². The maximum atomic E-state index is 11.3. The molecule has 0 fully saturated rings. The fourth-order valence-electron chi connectivity index (χ4n) is 1.49. The van der Waals surface area contributed by atoms with Gasteiger partial charge < -0.3 is 9.57 Å². The van der Waals surface area contributed by atoms with Gasteiger partial charge in [-0.05, 0) is 24.3 Å². The monoisotopic (exact) mass is 278 g/mol. The molecule has 0 unspecified atom stereocenters. The molecule has 109 valence electrons. The first-order valence-electron chi connectivity index (χ1n) is 6.53. The summed E-state index contributed by atoms with van der Waals surface area (Å²) in [6.45, 7) is 4.14. The quantitative estimate of drug-likeness (QED) is 0.812. The van der Waals surface area contributed by atoms with Crippen LogP contribution in [0.15, 0.2) is 30.3 Å². The van der Waals surface area contributed by atoms with Crippen LogP contribution in [0.2, 0.25) is 0 Å². The maximum absolute atomic E-state index is 11.3. The second-order valence-electron chi connectivity index (χ2n) is 4.70. The predicted molar refractivity (Wildman–Crippen MR) is 74.3 cm³/mol. The molecule has 1 N–H and O–H groups in total. The van der Waals surface area contributed by atoms with Crippen LogP contribution < -0.4 is 5.48 Å². The Hall–Kier alpha value is -2.04. The standard InChI is InChI=1S/C15H20NO4/c1-12(2)7-6-10-14(17)20-16-15(18)19-11-13-8-4-3-5-9-13/h3-5,8-9H,6-7,10-11H2,1-2H3,(H,16,18). The molecule has 0 saturated carbocycles. The van der Waals surface area contributed by atoms with E-state index in [4.69, 9.17) is 4.74 Å². The molecule has 1 aromatic carbocycles. The average Bonchev–Trinajstić information content (AvgIpc) is 2.43. The fraction of sp³-hybridized carbons (Fsp3) is 0.400. The van der Waals surface area contributed by atoms with Gasteiger partial charge in [0.25, 0.3) is 0 Å². The molecule has 0 heterocycles. The van der Waals surface area contributed by atoms with Gasteiger partial charge in [-0.1, -0.05) is 44.2 Å². The van der Waals surface area contributed by atoms with Crippen LogP contribution in [0.1, 0.15) is 38.7 Å². The second kappa shape index (κ2) is 8.96. The molecule has 1 amide bonds. The molecule has 1 rings (SSSR count). The molecule has 0 aliphatic rings. The summed E-state index contributed by atoms with van der Waals surface area (Å²) in [6, 6.07) is 9.25. The molecular weight excluding hydrogens is 258 g/mol. The molecule has 5 nitrogen and oxygen atoms in total. The molecule has 0 aromatic heterocycles. The van der Waals surface area contributed by atoms with Crippen LogP contribution in [0.3, 0.4) is 0 Å². The Morgan fingerprint density at radius 1 is 1.10 bits per heavy atom. The highest BCUT2D eigenvalue weighted by Crippen LogP contribution is 2.08. The number of hydrogen-bond donors (Lipinski definition) is 1. The van der Waals surface area contributed by atoms with Crippen LogP contribution >= 0.6 is 0 Å². The van der Waals surface area contributed by atoms with Gasteiger partial charge in [0.15, 0.2) is 0 Å². The van der Waals surface area contributed by atoms with Crippen molar-refractivity contribution in [1.29, 1.82) is 0 Å². The van der Waals surface area contributed by atoms with Gasteiger partial charge in [0, 0.05) is 6.42 Å². The number of carbonyl (C=O) groups excluding carboxylic acids is 2. The molecule has 5 heteroatoms. The predicted octanol–water partition coefficient (Wildman–Crippen LogP) is 3.16. The van der Waals surface area contributed by atoms with E-state index in [1.54, 1.807) is 0 Å². The highest BCUT2D eigenvalue weighted by Gasteiger charge is 2.08. The summed E-state index contributed by atoms with van der Waals surface area (Å²) in [5.41, 5.74) is 2.84. The second-order valence-corrected chi connectivity index (χ2v) is 4.70. The third-order valence-corrected chi connectivity index (χ3v) is 2.52. The lowest BCUT2D eigenvalue weighted by Crippen LogP contribution is -2.27. The average molecular weight is 278 g/mol. The Morgan fingerprint density at radius 2 is 1.80 bits per heavy atom. The Kier molecular flexibility index (Phi) is 7.17. The number of hydrogen-bond acceptors (Lipinski definition) is 4.